The maximum Gasteiger partial charge on any atom is 0.136 e. The smallest absolute Gasteiger partial charge is 0.136 e. The zero-order chi connectivity index (χ0) is 67.8. The molecule has 2 unspecified atom stereocenters. The van der Waals surface area contributed by atoms with Gasteiger partial charge in [-0.1, -0.05) is 201 Å². The van der Waals surface area contributed by atoms with E-state index in [4.69, 9.17) is 13.9 Å². The molecular formula is C94H62F2N2O3. The van der Waals surface area contributed by atoms with Crippen molar-refractivity contribution < 1.29 is 22.7 Å². The first-order chi connectivity index (χ1) is 49.7. The van der Waals surface area contributed by atoms with Gasteiger partial charge in [0.1, 0.15) is 45.8 Å². The zero-order valence-electron chi connectivity index (χ0n) is 54.8. The zero-order valence-corrected chi connectivity index (χ0v) is 54.8. The number of furan rings is 1. The van der Waals surface area contributed by atoms with Gasteiger partial charge in [-0.3, -0.25) is 0 Å². The lowest BCUT2D eigenvalue weighted by Gasteiger charge is -2.35. The third-order valence-electron chi connectivity index (χ3n) is 20.3. The van der Waals surface area contributed by atoms with Crippen LogP contribution in [0.4, 0.5) is 42.9 Å². The van der Waals surface area contributed by atoms with Crippen molar-refractivity contribution in [3.05, 3.63) is 420 Å². The van der Waals surface area contributed by atoms with E-state index >= 15 is 8.78 Å². The molecule has 5 nitrogen and oxygen atoms in total. The Morgan fingerprint density at radius 1 is 0.287 bits per heavy atom. The summed E-state index contributed by atoms with van der Waals surface area (Å²) < 4.78 is 50.0. The summed E-state index contributed by atoms with van der Waals surface area (Å²) in [6.07, 6.45) is 3.64. The molecule has 1 aromatic heterocycles. The molecular weight excluding hydrogens is 1240 g/mol. The quantitative estimate of drug-likeness (QED) is 0.0964. The van der Waals surface area contributed by atoms with Gasteiger partial charge in [0, 0.05) is 44.9 Å². The Kier molecular flexibility index (Phi) is 14.6. The van der Waals surface area contributed by atoms with Gasteiger partial charge in [-0.2, -0.15) is 0 Å². The van der Waals surface area contributed by atoms with Gasteiger partial charge in [0.2, 0.25) is 0 Å². The van der Waals surface area contributed by atoms with Gasteiger partial charge >= 0.3 is 0 Å². The van der Waals surface area contributed by atoms with E-state index in [2.05, 4.69) is 260 Å². The minimum absolute atomic E-state index is 0.325. The van der Waals surface area contributed by atoms with Crippen LogP contribution in [-0.2, 0) is 10.8 Å². The summed E-state index contributed by atoms with van der Waals surface area (Å²) in [5.74, 6) is 2.27. The first-order valence-corrected chi connectivity index (χ1v) is 33.8. The Balaban J connectivity index is 0.758. The second-order valence-electron chi connectivity index (χ2n) is 25.9. The second kappa shape index (κ2) is 24.5. The topological polar surface area (TPSA) is 38.1 Å². The summed E-state index contributed by atoms with van der Waals surface area (Å²) in [6.45, 7) is 7.83. The predicted octanol–water partition coefficient (Wildman–Crippen LogP) is 25.6. The molecule has 2 aliphatic carbocycles. The maximum absolute atomic E-state index is 15.2. The number of halogens is 2. The largest absolute Gasteiger partial charge is 0.457 e. The van der Waals surface area contributed by atoms with Crippen molar-refractivity contribution in [3.8, 4) is 45.3 Å². The molecule has 101 heavy (non-hydrogen) atoms. The van der Waals surface area contributed by atoms with E-state index in [1.165, 1.54) is 35.4 Å². The molecule has 480 valence electrons. The monoisotopic (exact) mass is 1300 g/mol. The van der Waals surface area contributed by atoms with Crippen molar-refractivity contribution in [2.24, 2.45) is 0 Å². The van der Waals surface area contributed by atoms with E-state index in [9.17, 15) is 0 Å². The van der Waals surface area contributed by atoms with Gasteiger partial charge < -0.3 is 23.7 Å². The van der Waals surface area contributed by atoms with Crippen molar-refractivity contribution in [1.29, 1.82) is 0 Å². The van der Waals surface area contributed by atoms with Crippen LogP contribution in [0.25, 0.3) is 67.1 Å². The van der Waals surface area contributed by atoms with Crippen molar-refractivity contribution in [2.75, 3.05) is 9.80 Å². The third-order valence-corrected chi connectivity index (χ3v) is 20.3. The van der Waals surface area contributed by atoms with Crippen LogP contribution < -0.4 is 19.3 Å². The number of benzene rings is 15. The Hall–Kier alpha value is -13.1. The summed E-state index contributed by atoms with van der Waals surface area (Å²) >= 11 is 0. The van der Waals surface area contributed by atoms with Crippen molar-refractivity contribution in [1.82, 2.24) is 0 Å². The highest BCUT2D eigenvalue weighted by Crippen LogP contribution is 2.60. The lowest BCUT2D eigenvalue weighted by Crippen LogP contribution is -2.28. The van der Waals surface area contributed by atoms with Gasteiger partial charge in [0.05, 0.1) is 10.8 Å². The average Bonchev–Trinajstić information content (AvgIpc) is 1.55. The standard InChI is InChI=1S/C94H62F2N2O3/c1-3-61-23-44-77(45-24-61)99-79-48-28-67(29-49-79)93(65-15-7-5-8-16-65)87-21-13-11-19-81(87)83-52-41-75(59-89(83)93)97(71-37-32-69(95)33-38-71)73-36-27-63-57-92-85(56-64(63)55-73)86-58-74(43-54-91(86)101-92)98(72-39-34-70(96)35-40-72)76-42-53-84-82-20-12-14-22-88(82)94(90(84)60-76,66-17-9-6-10-18-66)68-30-50-80(51-31-68)100-78-46-25-62(4-2)26-47-78/h3-60H,1-2H2. The number of hydrogen-bond acceptors (Lipinski definition) is 5. The van der Waals surface area contributed by atoms with Crippen LogP contribution in [0, 0.1) is 11.6 Å². The number of ether oxygens (including phenoxy) is 2. The third kappa shape index (κ3) is 10.1. The summed E-state index contributed by atoms with van der Waals surface area (Å²) in [6, 6.07) is 116. The number of rotatable bonds is 16. The van der Waals surface area contributed by atoms with Gasteiger partial charge in [-0.25, -0.2) is 8.78 Å². The van der Waals surface area contributed by atoms with E-state index in [0.717, 1.165) is 157 Å². The SMILES string of the molecule is C=Cc1ccc(Oc2ccc(C3(c4ccccc4)c4ccccc4-c4ccc(N(c5ccc(F)cc5)c5ccc6cc7oc8ccc(N(c9ccc(F)cc9)c9ccc%10c(c9)C(c9ccccc9)(c9ccc(Oc%11ccc(C=C)cc%11)cc9)c9ccccc9-%10)cc8c7cc6c5)cc43)cc2)cc1. The van der Waals surface area contributed by atoms with Crippen LogP contribution in [0.3, 0.4) is 0 Å². The van der Waals surface area contributed by atoms with Crippen LogP contribution in [0.1, 0.15) is 55.6 Å². The first kappa shape index (κ1) is 60.3. The highest BCUT2D eigenvalue weighted by Gasteiger charge is 2.48. The molecule has 0 aliphatic heterocycles. The molecule has 0 N–H and O–H groups in total. The number of anilines is 6. The van der Waals surface area contributed by atoms with E-state index in [0.29, 0.717) is 0 Å². The minimum atomic E-state index is -0.749. The Labute approximate surface area is 584 Å². The molecule has 7 heteroatoms. The van der Waals surface area contributed by atoms with Crippen LogP contribution in [0.5, 0.6) is 23.0 Å². The van der Waals surface area contributed by atoms with Gasteiger partial charge in [0.25, 0.3) is 0 Å². The highest BCUT2D eigenvalue weighted by atomic mass is 19.1. The molecule has 0 fully saturated rings. The van der Waals surface area contributed by atoms with Crippen molar-refractivity contribution in [3.63, 3.8) is 0 Å². The second-order valence-corrected chi connectivity index (χ2v) is 25.9. The molecule has 0 spiro atoms. The van der Waals surface area contributed by atoms with Gasteiger partial charge in [-0.05, 0) is 252 Å². The summed E-state index contributed by atoms with van der Waals surface area (Å²) in [5, 5.41) is 3.81. The molecule has 2 atom stereocenters. The molecule has 0 bridgehead atoms. The van der Waals surface area contributed by atoms with Crippen molar-refractivity contribution >= 4 is 79.0 Å². The van der Waals surface area contributed by atoms with Crippen LogP contribution in [0.15, 0.2) is 357 Å². The summed E-state index contributed by atoms with van der Waals surface area (Å²) in [5.41, 5.74) is 20.6. The Morgan fingerprint density at radius 2 is 0.653 bits per heavy atom. The maximum atomic E-state index is 15.2. The molecule has 0 saturated heterocycles. The summed E-state index contributed by atoms with van der Waals surface area (Å²) in [4.78, 5) is 4.43. The molecule has 0 saturated carbocycles. The number of fused-ring (bicyclic) bond motifs is 10. The number of hydrogen-bond donors (Lipinski definition) is 0. The fraction of sp³-hybridized carbons (Fsp3) is 0.0213. The lowest BCUT2D eigenvalue weighted by atomic mass is 9.67. The van der Waals surface area contributed by atoms with E-state index in [1.807, 2.05) is 91.0 Å². The van der Waals surface area contributed by atoms with E-state index in [1.54, 1.807) is 0 Å². The molecule has 0 radical (unpaired) electrons. The molecule has 16 aromatic rings. The molecule has 0 amide bonds. The average molecular weight is 1310 g/mol. The van der Waals surface area contributed by atoms with Crippen LogP contribution >= 0.6 is 0 Å². The fourth-order valence-electron chi connectivity index (χ4n) is 15.8. The lowest BCUT2D eigenvalue weighted by molar-refractivity contribution is 0.482. The van der Waals surface area contributed by atoms with Crippen LogP contribution in [-0.4, -0.2) is 0 Å². The normalized spacial score (nSPS) is 14.8. The minimum Gasteiger partial charge on any atom is -0.457 e. The molecule has 18 rings (SSSR count). The molecule has 15 aromatic carbocycles. The highest BCUT2D eigenvalue weighted by molar-refractivity contribution is 6.12. The Morgan fingerprint density at radius 3 is 1.12 bits per heavy atom. The number of nitrogens with zero attached hydrogens (tertiary/aromatic N) is 2. The molecule has 2 aliphatic rings. The summed E-state index contributed by atoms with van der Waals surface area (Å²) in [7, 11) is 0. The first-order valence-electron chi connectivity index (χ1n) is 33.8. The Bertz CT molecular complexity index is 5870. The predicted molar refractivity (Wildman–Crippen MR) is 408 cm³/mol. The van der Waals surface area contributed by atoms with Gasteiger partial charge in [0.15, 0.2) is 0 Å². The molecule has 1 heterocycles. The van der Waals surface area contributed by atoms with Crippen LogP contribution in [0.2, 0.25) is 0 Å². The fourth-order valence-corrected chi connectivity index (χ4v) is 15.8. The van der Waals surface area contributed by atoms with E-state index in [-0.39, 0.29) is 11.6 Å². The van der Waals surface area contributed by atoms with Gasteiger partial charge in [-0.15, -0.1) is 0 Å². The van der Waals surface area contributed by atoms with Crippen molar-refractivity contribution in [2.45, 2.75) is 10.8 Å². The van der Waals surface area contributed by atoms with E-state index < -0.39 is 10.8 Å².